The van der Waals surface area contributed by atoms with E-state index < -0.39 is 5.72 Å². The summed E-state index contributed by atoms with van der Waals surface area (Å²) in [4.78, 5) is 12.3. The van der Waals surface area contributed by atoms with Gasteiger partial charge in [-0.15, -0.1) is 0 Å². The smallest absolute Gasteiger partial charge is 0.198 e. The molecule has 2 aromatic carbocycles. The number of rotatable bonds is 8. The third kappa shape index (κ3) is 3.48. The molecule has 3 aromatic rings. The first-order chi connectivity index (χ1) is 12.6. The van der Waals surface area contributed by atoms with Gasteiger partial charge < -0.3 is 14.6 Å². The van der Waals surface area contributed by atoms with Crippen LogP contribution in [0.5, 0.6) is 0 Å². The van der Waals surface area contributed by atoms with Crippen LogP contribution >= 0.6 is 0 Å². The monoisotopic (exact) mass is 352 g/mol. The van der Waals surface area contributed by atoms with Crippen molar-refractivity contribution in [1.82, 2.24) is 5.16 Å². The van der Waals surface area contributed by atoms with Crippen molar-refractivity contribution in [2.24, 2.45) is 0 Å². The van der Waals surface area contributed by atoms with Crippen molar-refractivity contribution >= 4 is 22.4 Å². The number of hydrogen-bond acceptors (Lipinski definition) is 5. The zero-order chi connectivity index (χ0) is 18.6. The van der Waals surface area contributed by atoms with Gasteiger partial charge >= 0.3 is 0 Å². The molecule has 136 valence electrons. The van der Waals surface area contributed by atoms with E-state index in [1.54, 1.807) is 0 Å². The Morgan fingerprint density at radius 1 is 1.15 bits per heavy atom. The molecule has 0 aliphatic heterocycles. The summed E-state index contributed by atoms with van der Waals surface area (Å²) >= 11 is 0. The number of anilines is 1. The molecule has 0 radical (unpaired) electrons. The summed E-state index contributed by atoms with van der Waals surface area (Å²) in [5.74, 6) is 0.675. The zero-order valence-electron chi connectivity index (χ0n) is 15.4. The number of aromatic nitrogens is 1. The van der Waals surface area contributed by atoms with Gasteiger partial charge in [0.1, 0.15) is 5.52 Å². The Morgan fingerprint density at radius 2 is 1.88 bits per heavy atom. The van der Waals surface area contributed by atoms with E-state index in [1.807, 2.05) is 69.3 Å². The molecule has 0 aliphatic carbocycles. The Bertz CT molecular complexity index is 903. The van der Waals surface area contributed by atoms with Gasteiger partial charge in [0.2, 0.25) is 0 Å². The lowest BCUT2D eigenvalue weighted by Gasteiger charge is -2.30. The lowest BCUT2D eigenvalue weighted by atomic mass is 10.0. The van der Waals surface area contributed by atoms with Gasteiger partial charge in [0, 0.05) is 29.7 Å². The first kappa shape index (κ1) is 18.1. The highest BCUT2D eigenvalue weighted by molar-refractivity contribution is 6.01. The van der Waals surface area contributed by atoms with Gasteiger partial charge in [-0.05, 0) is 37.6 Å². The van der Waals surface area contributed by atoms with Crippen molar-refractivity contribution in [3.63, 3.8) is 0 Å². The maximum atomic E-state index is 12.3. The molecule has 0 fully saturated rings. The number of Topliss-reactive ketones (excluding diaryl/α,β-unsaturated/α-hetero) is 1. The van der Waals surface area contributed by atoms with Gasteiger partial charge in [0.15, 0.2) is 17.3 Å². The summed E-state index contributed by atoms with van der Waals surface area (Å²) in [5.41, 5.74) is 1.19. The summed E-state index contributed by atoms with van der Waals surface area (Å²) in [7, 11) is 0. The van der Waals surface area contributed by atoms with E-state index in [0.29, 0.717) is 24.4 Å². The fourth-order valence-electron chi connectivity index (χ4n) is 2.98. The highest BCUT2D eigenvalue weighted by Crippen LogP contribution is 2.34. The topological polar surface area (TPSA) is 64.4 Å². The Hall–Kier alpha value is -2.66. The molecular weight excluding hydrogens is 328 g/mol. The molecular formula is C21H24N2O3. The number of nitrogens with one attached hydrogen (secondary N) is 1. The number of fused-ring (bicyclic) bond motifs is 1. The van der Waals surface area contributed by atoms with Crippen molar-refractivity contribution in [2.45, 2.75) is 39.3 Å². The second kappa shape index (κ2) is 7.70. The summed E-state index contributed by atoms with van der Waals surface area (Å²) in [5, 5.41) is 8.42. The van der Waals surface area contributed by atoms with Crippen LogP contribution in [0.4, 0.5) is 5.69 Å². The van der Waals surface area contributed by atoms with E-state index in [0.717, 1.165) is 23.0 Å². The molecule has 5 nitrogen and oxygen atoms in total. The zero-order valence-corrected chi connectivity index (χ0v) is 15.4. The van der Waals surface area contributed by atoms with Gasteiger partial charge in [0.25, 0.3) is 0 Å². The second-order valence-electron chi connectivity index (χ2n) is 6.36. The van der Waals surface area contributed by atoms with Gasteiger partial charge in [-0.3, -0.25) is 4.79 Å². The van der Waals surface area contributed by atoms with E-state index >= 15 is 0 Å². The SMILES string of the molecule is CCCO[C@@](C)(Nc1ccccc1C(=O)CC)c1onc2ccccc12. The molecule has 3 rings (SSSR count). The summed E-state index contributed by atoms with van der Waals surface area (Å²) in [6.07, 6.45) is 1.30. The molecule has 0 unspecified atom stereocenters. The molecule has 1 heterocycles. The highest BCUT2D eigenvalue weighted by atomic mass is 16.5. The number of nitrogens with zero attached hydrogens (tertiary/aromatic N) is 1. The first-order valence-electron chi connectivity index (χ1n) is 8.98. The van der Waals surface area contributed by atoms with Crippen LogP contribution in [0.15, 0.2) is 53.1 Å². The minimum Gasteiger partial charge on any atom is -0.355 e. The Labute approximate surface area is 153 Å². The lowest BCUT2D eigenvalue weighted by Crippen LogP contribution is -2.36. The molecule has 5 heteroatoms. The predicted octanol–water partition coefficient (Wildman–Crippen LogP) is 5.13. The van der Waals surface area contributed by atoms with E-state index in [-0.39, 0.29) is 5.78 Å². The van der Waals surface area contributed by atoms with E-state index in [9.17, 15) is 4.79 Å². The molecule has 26 heavy (non-hydrogen) atoms. The van der Waals surface area contributed by atoms with Gasteiger partial charge in [-0.25, -0.2) is 0 Å². The van der Waals surface area contributed by atoms with Crippen molar-refractivity contribution in [2.75, 3.05) is 11.9 Å². The Morgan fingerprint density at radius 3 is 2.65 bits per heavy atom. The lowest BCUT2D eigenvalue weighted by molar-refractivity contribution is -0.0307. The molecule has 0 amide bonds. The molecule has 1 aromatic heterocycles. The predicted molar refractivity (Wildman–Crippen MR) is 102 cm³/mol. The molecule has 0 aliphatic rings. The first-order valence-corrected chi connectivity index (χ1v) is 8.98. The summed E-state index contributed by atoms with van der Waals surface area (Å²) in [6.45, 7) is 6.36. The Balaban J connectivity index is 2.05. The van der Waals surface area contributed by atoms with Gasteiger partial charge in [-0.2, -0.15) is 0 Å². The molecule has 0 spiro atoms. The Kier molecular flexibility index (Phi) is 5.38. The van der Waals surface area contributed by atoms with Crippen LogP contribution in [0.25, 0.3) is 10.9 Å². The fraction of sp³-hybridized carbons (Fsp3) is 0.333. The molecule has 0 saturated heterocycles. The fourth-order valence-corrected chi connectivity index (χ4v) is 2.98. The molecule has 1 atom stereocenters. The highest BCUT2D eigenvalue weighted by Gasteiger charge is 2.35. The van der Waals surface area contributed by atoms with Crippen LogP contribution < -0.4 is 5.32 Å². The average molecular weight is 352 g/mol. The largest absolute Gasteiger partial charge is 0.355 e. The van der Waals surface area contributed by atoms with Gasteiger partial charge in [0.05, 0.1) is 0 Å². The van der Waals surface area contributed by atoms with Crippen LogP contribution in [-0.2, 0) is 10.5 Å². The maximum absolute atomic E-state index is 12.3. The van der Waals surface area contributed by atoms with E-state index in [4.69, 9.17) is 9.26 Å². The third-order valence-electron chi connectivity index (χ3n) is 4.33. The number of para-hydroxylation sites is 1. The van der Waals surface area contributed by atoms with Crippen molar-refractivity contribution in [1.29, 1.82) is 0 Å². The molecule has 0 bridgehead atoms. The quantitative estimate of drug-likeness (QED) is 0.449. The number of ketones is 1. The molecule has 1 N–H and O–H groups in total. The van der Waals surface area contributed by atoms with E-state index in [1.165, 1.54) is 0 Å². The minimum absolute atomic E-state index is 0.0772. The van der Waals surface area contributed by atoms with Crippen molar-refractivity contribution in [3.05, 3.63) is 59.9 Å². The third-order valence-corrected chi connectivity index (χ3v) is 4.33. The second-order valence-corrected chi connectivity index (χ2v) is 6.36. The maximum Gasteiger partial charge on any atom is 0.198 e. The van der Waals surface area contributed by atoms with Crippen molar-refractivity contribution in [3.8, 4) is 0 Å². The number of benzene rings is 2. The number of hydrogen-bond donors (Lipinski definition) is 1. The van der Waals surface area contributed by atoms with Crippen LogP contribution in [0.3, 0.4) is 0 Å². The number of carbonyl (C=O) groups is 1. The molecule has 0 saturated carbocycles. The minimum atomic E-state index is -0.948. The van der Waals surface area contributed by atoms with Gasteiger partial charge in [-0.1, -0.05) is 43.3 Å². The normalized spacial score (nSPS) is 13.5. The van der Waals surface area contributed by atoms with E-state index in [2.05, 4.69) is 10.5 Å². The van der Waals surface area contributed by atoms with Crippen molar-refractivity contribution < 1.29 is 14.1 Å². The summed E-state index contributed by atoms with van der Waals surface area (Å²) in [6, 6.07) is 15.2. The average Bonchev–Trinajstić information content (AvgIpc) is 3.11. The van der Waals surface area contributed by atoms with Crippen LogP contribution in [0.1, 0.15) is 49.7 Å². The number of ether oxygens (including phenoxy) is 1. The van der Waals surface area contributed by atoms with Crippen LogP contribution in [-0.4, -0.2) is 17.5 Å². The number of carbonyl (C=O) groups excluding carboxylic acids is 1. The summed E-state index contributed by atoms with van der Waals surface area (Å²) < 4.78 is 11.8. The van der Waals surface area contributed by atoms with Crippen LogP contribution in [0.2, 0.25) is 0 Å². The standard InChI is InChI=1S/C21H24N2O3/c1-4-14-25-21(3,20-16-11-7-9-13-18(16)23-26-20)22-17-12-8-6-10-15(17)19(24)5-2/h6-13,22H,4-5,14H2,1-3H3/t21-/m1/s1. The van der Waals surface area contributed by atoms with Crippen LogP contribution in [0, 0.1) is 0 Å².